The first kappa shape index (κ1) is 11.5. The number of rotatable bonds is 3. The van der Waals surface area contributed by atoms with E-state index in [9.17, 15) is 4.79 Å². The van der Waals surface area contributed by atoms with Crippen LogP contribution in [0.15, 0.2) is 24.3 Å². The minimum absolute atomic E-state index is 0.310. The van der Waals surface area contributed by atoms with Gasteiger partial charge in [0.25, 0.3) is 0 Å². The molecule has 0 saturated heterocycles. The van der Waals surface area contributed by atoms with E-state index < -0.39 is 6.03 Å². The van der Waals surface area contributed by atoms with Crippen LogP contribution in [0.25, 0.3) is 0 Å². The smallest absolute Gasteiger partial charge is 0.316 e. The molecule has 0 radical (unpaired) electrons. The van der Waals surface area contributed by atoms with E-state index in [1.807, 2.05) is 38.1 Å². The Hall–Kier alpha value is -1.55. The third kappa shape index (κ3) is 3.99. The number of hydrogen-bond donors (Lipinski definition) is 3. The second-order valence-corrected chi connectivity index (χ2v) is 4.31. The van der Waals surface area contributed by atoms with Gasteiger partial charge in [-0.25, -0.2) is 4.79 Å². The van der Waals surface area contributed by atoms with Crippen molar-refractivity contribution >= 4 is 11.7 Å². The second kappa shape index (κ2) is 4.31. The highest BCUT2D eigenvalue weighted by atomic mass is 16.2. The number of benzene rings is 1. The number of carbonyl (C=O) groups excluding carboxylic acids is 1. The summed E-state index contributed by atoms with van der Waals surface area (Å²) in [5.41, 5.74) is 12.4. The van der Waals surface area contributed by atoms with Gasteiger partial charge in [-0.15, -0.1) is 0 Å². The zero-order chi connectivity index (χ0) is 11.5. The lowest BCUT2D eigenvalue weighted by molar-refractivity contribution is 0.259. The van der Waals surface area contributed by atoms with Crippen LogP contribution in [0.3, 0.4) is 0 Å². The van der Waals surface area contributed by atoms with Gasteiger partial charge >= 0.3 is 6.03 Å². The van der Waals surface area contributed by atoms with E-state index >= 15 is 0 Å². The first-order chi connectivity index (χ1) is 6.88. The molecule has 0 spiro atoms. The summed E-state index contributed by atoms with van der Waals surface area (Å²) in [5, 5.41) is 2.58. The van der Waals surface area contributed by atoms with Gasteiger partial charge in [-0.3, -0.25) is 0 Å². The van der Waals surface area contributed by atoms with Gasteiger partial charge in [0, 0.05) is 11.2 Å². The van der Waals surface area contributed by atoms with Crippen molar-refractivity contribution in [3.05, 3.63) is 29.8 Å². The van der Waals surface area contributed by atoms with Gasteiger partial charge in [-0.1, -0.05) is 18.2 Å². The number of urea groups is 1. The fourth-order valence-corrected chi connectivity index (χ4v) is 1.42. The number of nitrogens with two attached hydrogens (primary N) is 2. The lowest BCUT2D eigenvalue weighted by atomic mass is 9.95. The van der Waals surface area contributed by atoms with Gasteiger partial charge in [0.2, 0.25) is 0 Å². The Morgan fingerprint density at radius 3 is 2.53 bits per heavy atom. The molecule has 0 bridgehead atoms. The van der Waals surface area contributed by atoms with Gasteiger partial charge in [-0.05, 0) is 31.9 Å². The maximum Gasteiger partial charge on any atom is 0.316 e. The van der Waals surface area contributed by atoms with Crippen molar-refractivity contribution in [1.29, 1.82) is 0 Å². The summed E-state index contributed by atoms with van der Waals surface area (Å²) in [5.74, 6) is 0. The quantitative estimate of drug-likeness (QED) is 0.701. The summed E-state index contributed by atoms with van der Waals surface area (Å²) in [7, 11) is 0. The molecule has 5 N–H and O–H groups in total. The van der Waals surface area contributed by atoms with Gasteiger partial charge in [-0.2, -0.15) is 0 Å². The molecule has 82 valence electrons. The van der Waals surface area contributed by atoms with Crippen LogP contribution < -0.4 is 16.8 Å². The van der Waals surface area contributed by atoms with Gasteiger partial charge in [0.1, 0.15) is 0 Å². The molecule has 0 unspecified atom stereocenters. The highest BCUT2D eigenvalue weighted by Gasteiger charge is 2.14. The SMILES string of the molecule is CC(C)(N)Cc1ccccc1NC(N)=O. The largest absolute Gasteiger partial charge is 0.351 e. The van der Waals surface area contributed by atoms with Crippen LogP contribution in [0.5, 0.6) is 0 Å². The normalized spacial score (nSPS) is 11.1. The maximum absolute atomic E-state index is 10.8. The summed E-state index contributed by atoms with van der Waals surface area (Å²) in [6.07, 6.45) is 0.684. The molecule has 1 rings (SSSR count). The Labute approximate surface area is 89.6 Å². The van der Waals surface area contributed by atoms with Crippen molar-refractivity contribution in [2.24, 2.45) is 11.5 Å². The van der Waals surface area contributed by atoms with Gasteiger partial charge in [0.15, 0.2) is 0 Å². The molecule has 0 saturated carbocycles. The Balaban J connectivity index is 2.91. The van der Waals surface area contributed by atoms with E-state index in [1.54, 1.807) is 0 Å². The topological polar surface area (TPSA) is 81.1 Å². The van der Waals surface area contributed by atoms with Crippen molar-refractivity contribution in [3.63, 3.8) is 0 Å². The summed E-state index contributed by atoms with van der Waals surface area (Å²) in [4.78, 5) is 10.8. The fourth-order valence-electron chi connectivity index (χ4n) is 1.42. The fraction of sp³-hybridized carbons (Fsp3) is 0.364. The molecular weight excluding hydrogens is 190 g/mol. The molecule has 1 aromatic rings. The van der Waals surface area contributed by atoms with E-state index in [-0.39, 0.29) is 5.54 Å². The molecule has 4 nitrogen and oxygen atoms in total. The van der Waals surface area contributed by atoms with Crippen molar-refractivity contribution in [1.82, 2.24) is 0 Å². The van der Waals surface area contributed by atoms with Crippen LogP contribution in [0.4, 0.5) is 10.5 Å². The molecule has 4 heteroatoms. The average Bonchev–Trinajstić information content (AvgIpc) is 2.05. The Morgan fingerprint density at radius 2 is 2.00 bits per heavy atom. The Kier molecular flexibility index (Phi) is 3.31. The highest BCUT2D eigenvalue weighted by molar-refractivity contribution is 5.88. The lowest BCUT2D eigenvalue weighted by Crippen LogP contribution is -2.35. The minimum Gasteiger partial charge on any atom is -0.351 e. The molecule has 0 aliphatic carbocycles. The third-order valence-electron chi connectivity index (χ3n) is 1.92. The number of amides is 2. The minimum atomic E-state index is -0.558. The van der Waals surface area contributed by atoms with Crippen molar-refractivity contribution in [3.8, 4) is 0 Å². The van der Waals surface area contributed by atoms with Crippen molar-refractivity contribution in [2.75, 3.05) is 5.32 Å². The monoisotopic (exact) mass is 207 g/mol. The molecule has 0 heterocycles. The summed E-state index contributed by atoms with van der Waals surface area (Å²) < 4.78 is 0. The van der Waals surface area contributed by atoms with E-state index in [2.05, 4.69) is 5.32 Å². The van der Waals surface area contributed by atoms with E-state index in [0.29, 0.717) is 6.42 Å². The first-order valence-electron chi connectivity index (χ1n) is 4.82. The molecule has 0 aromatic heterocycles. The zero-order valence-electron chi connectivity index (χ0n) is 9.08. The molecule has 15 heavy (non-hydrogen) atoms. The average molecular weight is 207 g/mol. The predicted molar refractivity (Wildman–Crippen MR) is 61.6 cm³/mol. The Morgan fingerprint density at radius 1 is 1.40 bits per heavy atom. The maximum atomic E-state index is 10.8. The molecule has 1 aromatic carbocycles. The van der Waals surface area contributed by atoms with Gasteiger partial charge < -0.3 is 16.8 Å². The van der Waals surface area contributed by atoms with E-state index in [4.69, 9.17) is 11.5 Å². The molecule has 0 aliphatic rings. The van der Waals surface area contributed by atoms with Crippen LogP contribution in [0.2, 0.25) is 0 Å². The van der Waals surface area contributed by atoms with E-state index in [0.717, 1.165) is 11.3 Å². The number of hydrogen-bond acceptors (Lipinski definition) is 2. The number of nitrogens with one attached hydrogen (secondary N) is 1. The Bertz CT molecular complexity index is 355. The second-order valence-electron chi connectivity index (χ2n) is 4.31. The molecule has 0 fully saturated rings. The first-order valence-corrected chi connectivity index (χ1v) is 4.82. The van der Waals surface area contributed by atoms with Crippen molar-refractivity contribution < 1.29 is 4.79 Å². The van der Waals surface area contributed by atoms with Crippen LogP contribution in [0, 0.1) is 0 Å². The van der Waals surface area contributed by atoms with Crippen molar-refractivity contribution in [2.45, 2.75) is 25.8 Å². The van der Waals surface area contributed by atoms with Crippen LogP contribution in [-0.2, 0) is 6.42 Å². The van der Waals surface area contributed by atoms with Crippen LogP contribution in [-0.4, -0.2) is 11.6 Å². The predicted octanol–water partition coefficient (Wildman–Crippen LogP) is 1.46. The van der Waals surface area contributed by atoms with Gasteiger partial charge in [0.05, 0.1) is 0 Å². The zero-order valence-corrected chi connectivity index (χ0v) is 9.08. The number of para-hydroxylation sites is 1. The summed E-state index contributed by atoms with van der Waals surface area (Å²) in [6.45, 7) is 3.88. The third-order valence-corrected chi connectivity index (χ3v) is 1.92. The number of carbonyl (C=O) groups is 1. The highest BCUT2D eigenvalue weighted by Crippen LogP contribution is 2.19. The molecule has 0 aliphatic heterocycles. The molecule has 2 amide bonds. The summed E-state index contributed by atoms with van der Waals surface area (Å²) >= 11 is 0. The lowest BCUT2D eigenvalue weighted by Gasteiger charge is -2.20. The number of anilines is 1. The summed E-state index contributed by atoms with van der Waals surface area (Å²) in [6, 6.07) is 6.94. The van der Waals surface area contributed by atoms with E-state index in [1.165, 1.54) is 0 Å². The molecular formula is C11H17N3O. The van der Waals surface area contributed by atoms with Crippen LogP contribution in [0.1, 0.15) is 19.4 Å². The standard InChI is InChI=1S/C11H17N3O/c1-11(2,13)7-8-5-3-4-6-9(8)14-10(12)15/h3-6H,7,13H2,1-2H3,(H3,12,14,15). The number of primary amides is 1. The molecule has 0 atom stereocenters. The van der Waals surface area contributed by atoms with Crippen LogP contribution >= 0.6 is 0 Å².